The van der Waals surface area contributed by atoms with Crippen LogP contribution in [0.15, 0.2) is 255 Å². The van der Waals surface area contributed by atoms with Crippen molar-refractivity contribution in [3.63, 3.8) is 0 Å². The number of nitrogens with zero attached hydrogens (tertiary/aromatic N) is 3. The largest absolute Gasteiger partial charge is 0.421 e. The first kappa shape index (κ1) is 58.5. The van der Waals surface area contributed by atoms with E-state index >= 15 is 0 Å². The summed E-state index contributed by atoms with van der Waals surface area (Å²) in [6, 6.07) is 87.7. The first-order valence-corrected chi connectivity index (χ1v) is 34.8. The van der Waals surface area contributed by atoms with Gasteiger partial charge in [-0.15, -0.1) is 0 Å². The van der Waals surface area contributed by atoms with Gasteiger partial charge in [-0.1, -0.05) is 231 Å². The first-order chi connectivity index (χ1) is 41.8. The molecule has 3 aliphatic rings. The van der Waals surface area contributed by atoms with E-state index in [0.29, 0.717) is 0 Å². The van der Waals surface area contributed by atoms with Crippen molar-refractivity contribution in [1.29, 1.82) is 0 Å². The number of rotatable bonds is 3. The Morgan fingerprint density at radius 3 is 0.576 bits per heavy atom. The number of hydrogen-bond acceptors (Lipinski definition) is 5. The zero-order valence-electron chi connectivity index (χ0n) is 48.6. The highest BCUT2D eigenvalue weighted by atomic mass is 28.5. The van der Waals surface area contributed by atoms with Gasteiger partial charge in [0.25, 0.3) is 0 Å². The minimum Gasteiger partial charge on any atom is -0.381 e. The summed E-state index contributed by atoms with van der Waals surface area (Å²) in [5, 5.41) is 0. The Morgan fingerprint density at radius 2 is 0.424 bits per heavy atom. The van der Waals surface area contributed by atoms with Gasteiger partial charge in [-0.2, -0.15) is 0 Å². The molecule has 12 rings (SSSR count). The molecule has 414 valence electrons. The van der Waals surface area contributed by atoms with Crippen molar-refractivity contribution in [2.24, 2.45) is 0 Å². The summed E-state index contributed by atoms with van der Waals surface area (Å²) >= 11 is 0. The van der Waals surface area contributed by atoms with Crippen LogP contribution in [0.5, 0.6) is 0 Å². The van der Waals surface area contributed by atoms with Crippen LogP contribution in [0, 0.1) is 89.6 Å². The molecule has 0 atom stereocenters. The van der Waals surface area contributed by atoms with Gasteiger partial charge in [0.15, 0.2) is 0 Å². The molecule has 3 fully saturated rings. The van der Waals surface area contributed by atoms with Crippen LogP contribution in [0.3, 0.4) is 0 Å². The van der Waals surface area contributed by atoms with Crippen molar-refractivity contribution in [2.75, 3.05) is 39.1 Å². The summed E-state index contributed by atoms with van der Waals surface area (Å²) in [7, 11) is -12.6. The Kier molecular flexibility index (Phi) is 20.0. The second kappa shape index (κ2) is 29.0. The van der Waals surface area contributed by atoms with Gasteiger partial charge < -0.3 is 22.2 Å². The Labute approximate surface area is 507 Å². The maximum Gasteiger partial charge on any atom is 0.421 e. The standard InChI is InChI=1S/C69H51N3Si3.2C4H8O/c1-58-34-40-67(41-35-58)70-73(52-46-61-22-10-4-11-23-61,53-47-62-24-12-5-13-25-62)71(68-42-36-59(2)37-43-68)75(56-50-65-30-18-8-19-31-65,57-51-66-32-20-9-21-33-66)72(69-44-38-60(3)39-45-69)74(70,54-48-63-26-14-6-15-27-63)55-49-64-28-16-7-17-29-64;2*1-2-4-5-3-1/h4-45H,1-3H3;2*1-4H2. The van der Waals surface area contributed by atoms with Crippen LogP contribution in [0.25, 0.3) is 0 Å². The lowest BCUT2D eigenvalue weighted by Crippen LogP contribution is -2.94. The van der Waals surface area contributed by atoms with Crippen LogP contribution < -0.4 is 12.7 Å². The summed E-state index contributed by atoms with van der Waals surface area (Å²) in [5.74, 6) is 22.8. The van der Waals surface area contributed by atoms with E-state index in [1.165, 1.54) is 25.7 Å². The predicted octanol–water partition coefficient (Wildman–Crippen LogP) is 14.9. The van der Waals surface area contributed by atoms with Crippen LogP contribution in [-0.2, 0) is 9.47 Å². The van der Waals surface area contributed by atoms with Crippen molar-refractivity contribution in [3.05, 3.63) is 305 Å². The van der Waals surface area contributed by atoms with E-state index in [1.54, 1.807) is 0 Å². The average Bonchev–Trinajstić information content (AvgIpc) is 2.11. The zero-order valence-corrected chi connectivity index (χ0v) is 51.6. The van der Waals surface area contributed by atoms with Gasteiger partial charge in [-0.3, -0.25) is 0 Å². The topological polar surface area (TPSA) is 28.2 Å². The number of anilines is 3. The van der Waals surface area contributed by atoms with E-state index in [4.69, 9.17) is 9.47 Å². The summed E-state index contributed by atoms with van der Waals surface area (Å²) < 4.78 is 17.5. The molecule has 0 aromatic heterocycles. The second-order valence-electron chi connectivity index (χ2n) is 20.9. The van der Waals surface area contributed by atoms with Crippen LogP contribution in [-0.4, -0.2) is 51.6 Å². The fourth-order valence-electron chi connectivity index (χ4n) is 10.1. The molecular weight excluding hydrogens is 1080 g/mol. The van der Waals surface area contributed by atoms with Gasteiger partial charge >= 0.3 is 25.2 Å². The van der Waals surface area contributed by atoms with Crippen molar-refractivity contribution in [1.82, 2.24) is 0 Å². The molecule has 8 heteroatoms. The third-order valence-corrected chi connectivity index (χ3v) is 28.5. The molecule has 9 aromatic carbocycles. The Bertz CT molecular complexity index is 3390. The molecule has 9 aromatic rings. The molecule has 0 N–H and O–H groups in total. The van der Waals surface area contributed by atoms with Gasteiger partial charge in [-0.25, -0.2) is 0 Å². The lowest BCUT2D eigenvalue weighted by molar-refractivity contribution is 0.198. The molecule has 5 nitrogen and oxygen atoms in total. The highest BCUT2D eigenvalue weighted by molar-refractivity contribution is 7.33. The zero-order chi connectivity index (χ0) is 58.4. The molecule has 0 radical (unpaired) electrons. The molecular formula is C77H67N3O2Si3. The molecule has 0 bridgehead atoms. The number of ether oxygens (including phenoxy) is 2. The highest BCUT2D eigenvalue weighted by Crippen LogP contribution is 2.46. The maximum atomic E-state index is 4.94. The van der Waals surface area contributed by atoms with E-state index < -0.39 is 25.2 Å². The van der Waals surface area contributed by atoms with E-state index in [0.717, 1.165) is 93.6 Å². The molecule has 0 saturated carbocycles. The minimum atomic E-state index is -4.22. The summed E-state index contributed by atoms with van der Waals surface area (Å²) in [5.41, 5.74) is 36.2. The fourth-order valence-corrected chi connectivity index (χ4v) is 27.6. The van der Waals surface area contributed by atoms with Gasteiger partial charge in [-0.05, 0) is 156 Å². The molecule has 3 heterocycles. The van der Waals surface area contributed by atoms with Crippen LogP contribution >= 0.6 is 0 Å². The molecule has 0 spiro atoms. The SMILES string of the molecule is C1CCOC1.C1CCOC1.Cc1ccc(N2[Si](C#Cc3ccccc3)(C#Cc3ccccc3)N(c3ccc(C)cc3)[Si](C#Cc3ccccc3)(C#Cc3ccccc3)N(c3ccc(C)cc3)[Si]2(C#Cc2ccccc2)C#Cc2ccccc2)cc1. The quantitative estimate of drug-likeness (QED) is 0.130. The van der Waals surface area contributed by atoms with Crippen molar-refractivity contribution in [2.45, 2.75) is 46.5 Å². The summed E-state index contributed by atoms with van der Waals surface area (Å²) in [6.45, 7) is 10.4. The van der Waals surface area contributed by atoms with E-state index in [-0.39, 0.29) is 0 Å². The highest BCUT2D eigenvalue weighted by Gasteiger charge is 2.73. The molecule has 0 unspecified atom stereocenters. The second-order valence-corrected chi connectivity index (χ2v) is 30.4. The van der Waals surface area contributed by atoms with Crippen LogP contribution in [0.2, 0.25) is 0 Å². The number of hydrogen-bond donors (Lipinski definition) is 0. The number of aryl methyl sites for hydroxylation is 3. The van der Waals surface area contributed by atoms with Gasteiger partial charge in [0.1, 0.15) is 0 Å². The monoisotopic (exact) mass is 1150 g/mol. The van der Waals surface area contributed by atoms with Crippen LogP contribution in [0.4, 0.5) is 17.1 Å². The smallest absolute Gasteiger partial charge is 0.381 e. The molecule has 3 saturated heterocycles. The maximum absolute atomic E-state index is 4.94. The molecule has 0 aliphatic carbocycles. The van der Waals surface area contributed by atoms with Gasteiger partial charge in [0.05, 0.1) is 0 Å². The summed E-state index contributed by atoms with van der Waals surface area (Å²) in [6.07, 6.45) is 5.11. The molecule has 85 heavy (non-hydrogen) atoms. The third kappa shape index (κ3) is 14.7. The van der Waals surface area contributed by atoms with Crippen molar-refractivity contribution >= 4 is 42.3 Å². The van der Waals surface area contributed by atoms with E-state index in [2.05, 4.69) is 248 Å². The first-order valence-electron chi connectivity index (χ1n) is 29.1. The van der Waals surface area contributed by atoms with Crippen molar-refractivity contribution in [3.8, 4) is 68.8 Å². The Morgan fingerprint density at radius 1 is 0.247 bits per heavy atom. The molecule has 0 amide bonds. The molecule has 3 aliphatic heterocycles. The van der Waals surface area contributed by atoms with E-state index in [1.807, 2.05) is 109 Å². The predicted molar refractivity (Wildman–Crippen MR) is 358 cm³/mol. The average molecular weight is 1150 g/mol. The Balaban J connectivity index is 0.000000728. The Hall–Kier alpha value is -9.69. The van der Waals surface area contributed by atoms with Crippen molar-refractivity contribution < 1.29 is 9.47 Å². The number of benzene rings is 9. The normalized spacial score (nSPS) is 14.6. The van der Waals surface area contributed by atoms with Crippen LogP contribution in [0.1, 0.15) is 75.8 Å². The summed E-state index contributed by atoms with van der Waals surface area (Å²) in [4.78, 5) is 0. The van der Waals surface area contributed by atoms with E-state index in [9.17, 15) is 0 Å². The van der Waals surface area contributed by atoms with Gasteiger partial charge in [0, 0.05) is 76.9 Å². The third-order valence-electron chi connectivity index (χ3n) is 14.4. The lowest BCUT2D eigenvalue weighted by Gasteiger charge is -2.63. The lowest BCUT2D eigenvalue weighted by atomic mass is 10.2. The fraction of sp³-hybridized carbons (Fsp3) is 0.143. The van der Waals surface area contributed by atoms with Gasteiger partial charge in [0.2, 0.25) is 0 Å². The minimum absolute atomic E-state index is 0.857.